The minimum absolute atomic E-state index is 0.267. The number of halogens is 1. The molecule has 0 fully saturated rings. The Hall–Kier alpha value is -3.09. The number of hydrogen-bond donors (Lipinski definition) is 1. The molecule has 6 nitrogen and oxygen atoms in total. The second-order valence-corrected chi connectivity index (χ2v) is 4.62. The van der Waals surface area contributed by atoms with Gasteiger partial charge in [-0.1, -0.05) is 12.1 Å². The average molecular weight is 332 g/mol. The lowest BCUT2D eigenvalue weighted by Gasteiger charge is -2.09. The van der Waals surface area contributed by atoms with Gasteiger partial charge in [-0.25, -0.2) is 9.82 Å². The van der Waals surface area contributed by atoms with Crippen LogP contribution in [0.1, 0.15) is 5.56 Å². The molecule has 2 rings (SSSR count). The second-order valence-electron chi connectivity index (χ2n) is 4.62. The molecule has 1 N–H and O–H groups in total. The molecule has 0 bridgehead atoms. The van der Waals surface area contributed by atoms with Crippen LogP contribution in [0.15, 0.2) is 47.6 Å². The molecule has 1 amide bonds. The summed E-state index contributed by atoms with van der Waals surface area (Å²) >= 11 is 0. The lowest BCUT2D eigenvalue weighted by molar-refractivity contribution is -0.123. The number of hydrazone groups is 1. The van der Waals surface area contributed by atoms with Gasteiger partial charge in [-0.3, -0.25) is 4.79 Å². The predicted octanol–water partition coefficient (Wildman–Crippen LogP) is 2.37. The topological polar surface area (TPSA) is 69.2 Å². The Morgan fingerprint density at radius 3 is 2.71 bits per heavy atom. The SMILES string of the molecule is COc1cccc(/C=N\NC(=O)COc2cccc(F)c2)c1OC. The summed E-state index contributed by atoms with van der Waals surface area (Å²) in [5.74, 6) is 0.424. The van der Waals surface area contributed by atoms with Crippen molar-refractivity contribution in [1.82, 2.24) is 5.43 Å². The molecule has 2 aromatic rings. The minimum Gasteiger partial charge on any atom is -0.493 e. The zero-order valence-corrected chi connectivity index (χ0v) is 13.3. The fraction of sp³-hybridized carbons (Fsp3) is 0.176. The van der Waals surface area contributed by atoms with Crippen LogP contribution < -0.4 is 19.6 Å². The van der Waals surface area contributed by atoms with E-state index in [1.807, 2.05) is 0 Å². The number of carbonyl (C=O) groups is 1. The number of nitrogens with zero attached hydrogens (tertiary/aromatic N) is 1. The second kappa shape index (κ2) is 8.52. The van der Waals surface area contributed by atoms with Crippen LogP contribution in [0.2, 0.25) is 0 Å². The number of amides is 1. The van der Waals surface area contributed by atoms with Gasteiger partial charge in [-0.05, 0) is 24.3 Å². The third kappa shape index (κ3) is 4.70. The van der Waals surface area contributed by atoms with Gasteiger partial charge in [0.2, 0.25) is 0 Å². The first-order valence-corrected chi connectivity index (χ1v) is 7.05. The largest absolute Gasteiger partial charge is 0.493 e. The fourth-order valence-electron chi connectivity index (χ4n) is 1.93. The highest BCUT2D eigenvalue weighted by Gasteiger charge is 2.07. The van der Waals surface area contributed by atoms with Crippen molar-refractivity contribution in [2.75, 3.05) is 20.8 Å². The molecule has 0 saturated heterocycles. The van der Waals surface area contributed by atoms with Gasteiger partial charge in [0.25, 0.3) is 5.91 Å². The molecule has 0 unspecified atom stereocenters. The molecule has 0 aliphatic heterocycles. The maximum absolute atomic E-state index is 13.0. The van der Waals surface area contributed by atoms with Gasteiger partial charge in [0.15, 0.2) is 18.1 Å². The zero-order chi connectivity index (χ0) is 17.4. The first-order valence-electron chi connectivity index (χ1n) is 7.05. The molecular formula is C17H17FN2O4. The summed E-state index contributed by atoms with van der Waals surface area (Å²) in [5.41, 5.74) is 2.96. The van der Waals surface area contributed by atoms with E-state index in [2.05, 4.69) is 10.5 Å². The number of nitrogens with one attached hydrogen (secondary N) is 1. The van der Waals surface area contributed by atoms with Crippen molar-refractivity contribution in [3.05, 3.63) is 53.8 Å². The standard InChI is InChI=1S/C17H17FN2O4/c1-22-15-8-3-5-12(17(15)23-2)10-19-20-16(21)11-24-14-7-4-6-13(18)9-14/h3-10H,11H2,1-2H3,(H,20,21)/b19-10-. The first-order chi connectivity index (χ1) is 11.6. The minimum atomic E-state index is -0.475. The van der Waals surface area contributed by atoms with E-state index < -0.39 is 11.7 Å². The smallest absolute Gasteiger partial charge is 0.277 e. The van der Waals surface area contributed by atoms with Crippen LogP contribution in [0.3, 0.4) is 0 Å². The van der Waals surface area contributed by atoms with Crippen molar-refractivity contribution in [3.8, 4) is 17.2 Å². The van der Waals surface area contributed by atoms with E-state index >= 15 is 0 Å². The van der Waals surface area contributed by atoms with Crippen LogP contribution in [-0.2, 0) is 4.79 Å². The molecule has 0 radical (unpaired) electrons. The van der Waals surface area contributed by atoms with Crippen LogP contribution >= 0.6 is 0 Å². The Kier molecular flexibility index (Phi) is 6.13. The maximum Gasteiger partial charge on any atom is 0.277 e. The van der Waals surface area contributed by atoms with E-state index in [1.165, 1.54) is 38.6 Å². The van der Waals surface area contributed by atoms with Crippen LogP contribution in [0, 0.1) is 5.82 Å². The van der Waals surface area contributed by atoms with Gasteiger partial charge in [0, 0.05) is 11.6 Å². The third-order valence-corrected chi connectivity index (χ3v) is 2.99. The van der Waals surface area contributed by atoms with Crippen LogP contribution in [0.25, 0.3) is 0 Å². The monoisotopic (exact) mass is 332 g/mol. The zero-order valence-electron chi connectivity index (χ0n) is 13.3. The Morgan fingerprint density at radius 1 is 1.21 bits per heavy atom. The van der Waals surface area contributed by atoms with Crippen LogP contribution in [0.4, 0.5) is 4.39 Å². The molecule has 0 aliphatic carbocycles. The van der Waals surface area contributed by atoms with E-state index in [1.54, 1.807) is 24.3 Å². The maximum atomic E-state index is 13.0. The van der Waals surface area contributed by atoms with Gasteiger partial charge < -0.3 is 14.2 Å². The summed E-state index contributed by atoms with van der Waals surface area (Å²) in [6.07, 6.45) is 1.43. The van der Waals surface area contributed by atoms with Crippen molar-refractivity contribution in [2.24, 2.45) is 5.10 Å². The molecule has 0 aliphatic rings. The number of hydrogen-bond acceptors (Lipinski definition) is 5. The van der Waals surface area contributed by atoms with E-state index in [0.717, 1.165) is 0 Å². The highest BCUT2D eigenvalue weighted by Crippen LogP contribution is 2.29. The number of carbonyl (C=O) groups excluding carboxylic acids is 1. The van der Waals surface area contributed by atoms with Gasteiger partial charge in [-0.2, -0.15) is 5.10 Å². The van der Waals surface area contributed by atoms with Gasteiger partial charge >= 0.3 is 0 Å². The quantitative estimate of drug-likeness (QED) is 0.624. The highest BCUT2D eigenvalue weighted by atomic mass is 19.1. The number of para-hydroxylation sites is 1. The van der Waals surface area contributed by atoms with Crippen molar-refractivity contribution in [1.29, 1.82) is 0 Å². The predicted molar refractivity (Wildman–Crippen MR) is 87.2 cm³/mol. The molecular weight excluding hydrogens is 315 g/mol. The first kappa shape index (κ1) is 17.3. The summed E-state index contributed by atoms with van der Waals surface area (Å²) in [6.45, 7) is -0.282. The summed E-state index contributed by atoms with van der Waals surface area (Å²) in [7, 11) is 3.05. The van der Waals surface area contributed by atoms with Gasteiger partial charge in [0.05, 0.1) is 20.4 Å². The van der Waals surface area contributed by atoms with Gasteiger partial charge in [0.1, 0.15) is 11.6 Å². The number of rotatable bonds is 7. The molecule has 0 spiro atoms. The normalized spacial score (nSPS) is 10.5. The fourth-order valence-corrected chi connectivity index (χ4v) is 1.93. The summed E-state index contributed by atoms with van der Waals surface area (Å²) in [4.78, 5) is 11.7. The van der Waals surface area contributed by atoms with E-state index in [4.69, 9.17) is 14.2 Å². The summed E-state index contributed by atoms with van der Waals surface area (Å²) in [5, 5.41) is 3.84. The molecule has 0 atom stereocenters. The lowest BCUT2D eigenvalue weighted by Crippen LogP contribution is -2.24. The van der Waals surface area contributed by atoms with Crippen LogP contribution in [-0.4, -0.2) is 32.9 Å². The van der Waals surface area contributed by atoms with E-state index in [9.17, 15) is 9.18 Å². The Labute approximate surface area is 138 Å². The van der Waals surface area contributed by atoms with Crippen molar-refractivity contribution >= 4 is 12.1 Å². The van der Waals surface area contributed by atoms with E-state index in [-0.39, 0.29) is 12.4 Å². The van der Waals surface area contributed by atoms with Crippen molar-refractivity contribution in [2.45, 2.75) is 0 Å². The Morgan fingerprint density at radius 2 is 2.00 bits per heavy atom. The summed E-state index contributed by atoms with van der Waals surface area (Å²) in [6, 6.07) is 10.8. The average Bonchev–Trinajstić information content (AvgIpc) is 2.59. The Bertz CT molecular complexity index is 734. The van der Waals surface area contributed by atoms with E-state index in [0.29, 0.717) is 17.1 Å². The Balaban J connectivity index is 1.91. The molecule has 2 aromatic carbocycles. The number of methoxy groups -OCH3 is 2. The third-order valence-electron chi connectivity index (χ3n) is 2.99. The highest BCUT2D eigenvalue weighted by molar-refractivity contribution is 5.86. The number of ether oxygens (including phenoxy) is 3. The molecule has 0 saturated carbocycles. The summed E-state index contributed by atoms with van der Waals surface area (Å²) < 4.78 is 28.6. The molecule has 7 heteroatoms. The number of benzene rings is 2. The van der Waals surface area contributed by atoms with Crippen molar-refractivity contribution in [3.63, 3.8) is 0 Å². The van der Waals surface area contributed by atoms with Crippen LogP contribution in [0.5, 0.6) is 17.2 Å². The molecule has 0 aromatic heterocycles. The molecule has 126 valence electrons. The van der Waals surface area contributed by atoms with Gasteiger partial charge in [-0.15, -0.1) is 0 Å². The molecule has 24 heavy (non-hydrogen) atoms. The lowest BCUT2D eigenvalue weighted by atomic mass is 10.2. The van der Waals surface area contributed by atoms with Crippen molar-refractivity contribution < 1.29 is 23.4 Å². The molecule has 0 heterocycles.